The highest BCUT2D eigenvalue weighted by Gasteiger charge is 2.13. The molecule has 0 saturated carbocycles. The van der Waals surface area contributed by atoms with Crippen LogP contribution in [0.15, 0.2) is 60.8 Å². The third kappa shape index (κ3) is 4.02. The van der Waals surface area contributed by atoms with Crippen molar-refractivity contribution in [1.29, 1.82) is 0 Å². The minimum absolute atomic E-state index is 0.0718. The van der Waals surface area contributed by atoms with Crippen molar-refractivity contribution in [1.82, 2.24) is 4.98 Å². The molecule has 0 radical (unpaired) electrons. The Kier molecular flexibility index (Phi) is 5.51. The van der Waals surface area contributed by atoms with Gasteiger partial charge in [-0.25, -0.2) is 9.78 Å². The molecule has 1 N–H and O–H groups in total. The number of benzene rings is 2. The van der Waals surface area contributed by atoms with Crippen molar-refractivity contribution < 1.29 is 19.4 Å². The Hall–Kier alpha value is -2.89. The van der Waals surface area contributed by atoms with E-state index in [-0.39, 0.29) is 6.61 Å². The lowest BCUT2D eigenvalue weighted by atomic mass is 10.0. The molecule has 6 heteroatoms. The SMILES string of the molecule is COc1ccc(OC(=O)c2ccc(Cl)c(-c3cccc(CO)c3)c2)cn1. The standard InChI is InChI=1S/C20H16ClNO4/c1-25-19-8-6-16(11-22-19)26-20(24)15-5-7-18(21)17(10-15)14-4-2-3-13(9-14)12-23/h2-11,23H,12H2,1H3. The summed E-state index contributed by atoms with van der Waals surface area (Å²) in [4.78, 5) is 16.4. The van der Waals surface area contributed by atoms with Crippen LogP contribution in [0.4, 0.5) is 0 Å². The van der Waals surface area contributed by atoms with Gasteiger partial charge in [0.05, 0.1) is 25.5 Å². The Labute approximate surface area is 155 Å². The van der Waals surface area contributed by atoms with Gasteiger partial charge < -0.3 is 14.6 Å². The van der Waals surface area contributed by atoms with E-state index in [1.54, 1.807) is 30.3 Å². The molecule has 1 heterocycles. The number of nitrogens with zero attached hydrogens (tertiary/aromatic N) is 1. The van der Waals surface area contributed by atoms with E-state index in [4.69, 9.17) is 21.1 Å². The van der Waals surface area contributed by atoms with Gasteiger partial charge >= 0.3 is 5.97 Å². The molecule has 3 aromatic rings. The lowest BCUT2D eigenvalue weighted by Gasteiger charge is -2.09. The number of carbonyl (C=O) groups excluding carboxylic acids is 1. The summed E-state index contributed by atoms with van der Waals surface area (Å²) in [5.41, 5.74) is 2.61. The summed E-state index contributed by atoms with van der Waals surface area (Å²) in [6.07, 6.45) is 1.41. The van der Waals surface area contributed by atoms with Crippen molar-refractivity contribution in [2.45, 2.75) is 6.61 Å². The van der Waals surface area contributed by atoms with Crippen LogP contribution in [0, 0.1) is 0 Å². The number of aromatic nitrogens is 1. The van der Waals surface area contributed by atoms with Crippen molar-refractivity contribution in [2.24, 2.45) is 0 Å². The number of esters is 1. The molecular formula is C20H16ClNO4. The summed E-state index contributed by atoms with van der Waals surface area (Å²) in [6.45, 7) is -0.0718. The molecule has 0 fully saturated rings. The highest BCUT2D eigenvalue weighted by molar-refractivity contribution is 6.33. The van der Waals surface area contributed by atoms with Crippen LogP contribution in [-0.4, -0.2) is 23.2 Å². The van der Waals surface area contributed by atoms with Gasteiger partial charge in [-0.3, -0.25) is 0 Å². The van der Waals surface area contributed by atoms with Crippen LogP contribution in [0.5, 0.6) is 11.6 Å². The molecule has 26 heavy (non-hydrogen) atoms. The minimum Gasteiger partial charge on any atom is -0.481 e. The predicted molar refractivity (Wildman–Crippen MR) is 98.6 cm³/mol. The molecule has 0 spiro atoms. The van der Waals surface area contributed by atoms with Crippen LogP contribution in [0.25, 0.3) is 11.1 Å². The number of aliphatic hydroxyl groups excluding tert-OH is 1. The van der Waals surface area contributed by atoms with Crippen molar-refractivity contribution >= 4 is 17.6 Å². The molecule has 3 rings (SSSR count). The quantitative estimate of drug-likeness (QED) is 0.685. The van der Waals surface area contributed by atoms with E-state index in [0.29, 0.717) is 27.8 Å². The second-order valence-electron chi connectivity index (χ2n) is 5.48. The molecule has 132 valence electrons. The van der Waals surface area contributed by atoms with E-state index >= 15 is 0 Å². The van der Waals surface area contributed by atoms with Crippen LogP contribution in [0.3, 0.4) is 0 Å². The van der Waals surface area contributed by atoms with E-state index in [1.807, 2.05) is 24.3 Å². The Bertz CT molecular complexity index is 925. The van der Waals surface area contributed by atoms with E-state index < -0.39 is 5.97 Å². The van der Waals surface area contributed by atoms with Gasteiger partial charge in [-0.15, -0.1) is 0 Å². The Morgan fingerprint density at radius 3 is 2.69 bits per heavy atom. The molecule has 0 amide bonds. The summed E-state index contributed by atoms with van der Waals surface area (Å²) in [7, 11) is 1.51. The van der Waals surface area contributed by atoms with Gasteiger partial charge in [0.15, 0.2) is 0 Å². The van der Waals surface area contributed by atoms with Crippen molar-refractivity contribution in [3.63, 3.8) is 0 Å². The summed E-state index contributed by atoms with van der Waals surface area (Å²) < 4.78 is 10.3. The normalized spacial score (nSPS) is 10.4. The number of halogens is 1. The molecule has 5 nitrogen and oxygen atoms in total. The Morgan fingerprint density at radius 1 is 1.15 bits per heavy atom. The monoisotopic (exact) mass is 369 g/mol. The summed E-state index contributed by atoms with van der Waals surface area (Å²) in [5, 5.41) is 9.80. The third-order valence-corrected chi connectivity index (χ3v) is 4.08. The van der Waals surface area contributed by atoms with Gasteiger partial charge in [0, 0.05) is 16.7 Å². The average Bonchev–Trinajstić information content (AvgIpc) is 2.69. The van der Waals surface area contributed by atoms with E-state index in [9.17, 15) is 9.90 Å². The number of aliphatic hydroxyl groups is 1. The van der Waals surface area contributed by atoms with Crippen LogP contribution in [-0.2, 0) is 6.61 Å². The molecule has 0 aliphatic carbocycles. The van der Waals surface area contributed by atoms with Gasteiger partial charge in [-0.05, 0) is 41.5 Å². The molecule has 0 unspecified atom stereocenters. The maximum atomic E-state index is 12.4. The van der Waals surface area contributed by atoms with E-state index in [0.717, 1.165) is 11.1 Å². The van der Waals surface area contributed by atoms with Crippen molar-refractivity contribution in [3.8, 4) is 22.8 Å². The van der Waals surface area contributed by atoms with Gasteiger partial charge in [0.2, 0.25) is 5.88 Å². The van der Waals surface area contributed by atoms with Gasteiger partial charge in [-0.1, -0.05) is 29.8 Å². The first-order valence-corrected chi connectivity index (χ1v) is 8.20. The fourth-order valence-corrected chi connectivity index (χ4v) is 2.65. The maximum absolute atomic E-state index is 12.4. The van der Waals surface area contributed by atoms with E-state index in [2.05, 4.69) is 4.98 Å². The first-order chi connectivity index (χ1) is 12.6. The molecule has 1 aromatic heterocycles. The summed E-state index contributed by atoms with van der Waals surface area (Å²) in [5.74, 6) is 0.227. The van der Waals surface area contributed by atoms with Gasteiger partial charge in [-0.2, -0.15) is 0 Å². The lowest BCUT2D eigenvalue weighted by molar-refractivity contribution is 0.0734. The number of pyridine rings is 1. The average molecular weight is 370 g/mol. The molecule has 0 atom stereocenters. The van der Waals surface area contributed by atoms with Crippen LogP contribution >= 0.6 is 11.6 Å². The highest BCUT2D eigenvalue weighted by Crippen LogP contribution is 2.30. The number of hydrogen-bond acceptors (Lipinski definition) is 5. The molecule has 0 aliphatic rings. The number of hydrogen-bond donors (Lipinski definition) is 1. The smallest absolute Gasteiger partial charge is 0.343 e. The van der Waals surface area contributed by atoms with Crippen molar-refractivity contribution in [2.75, 3.05) is 7.11 Å². The fourth-order valence-electron chi connectivity index (χ4n) is 2.42. The fraction of sp³-hybridized carbons (Fsp3) is 0.100. The second kappa shape index (κ2) is 7.99. The van der Waals surface area contributed by atoms with E-state index in [1.165, 1.54) is 13.3 Å². The molecule has 0 aliphatic heterocycles. The van der Waals surface area contributed by atoms with Gasteiger partial charge in [0.1, 0.15) is 5.75 Å². The van der Waals surface area contributed by atoms with Crippen LogP contribution in [0.2, 0.25) is 5.02 Å². The number of rotatable bonds is 5. The first-order valence-electron chi connectivity index (χ1n) is 7.82. The summed E-state index contributed by atoms with van der Waals surface area (Å²) >= 11 is 6.29. The summed E-state index contributed by atoms with van der Waals surface area (Å²) in [6, 6.07) is 15.4. The number of methoxy groups -OCH3 is 1. The lowest BCUT2D eigenvalue weighted by Crippen LogP contribution is -2.09. The molecular weight excluding hydrogens is 354 g/mol. The zero-order chi connectivity index (χ0) is 18.5. The van der Waals surface area contributed by atoms with Crippen LogP contribution < -0.4 is 9.47 Å². The number of ether oxygens (including phenoxy) is 2. The topological polar surface area (TPSA) is 68.7 Å². The van der Waals surface area contributed by atoms with Crippen LogP contribution in [0.1, 0.15) is 15.9 Å². The molecule has 0 bridgehead atoms. The second-order valence-corrected chi connectivity index (χ2v) is 5.89. The predicted octanol–water partition coefficient (Wildman–Crippen LogP) is 4.12. The maximum Gasteiger partial charge on any atom is 0.343 e. The molecule has 0 saturated heterocycles. The Balaban J connectivity index is 1.87. The zero-order valence-electron chi connectivity index (χ0n) is 14.0. The largest absolute Gasteiger partial charge is 0.481 e. The zero-order valence-corrected chi connectivity index (χ0v) is 14.7. The number of carbonyl (C=O) groups is 1. The Morgan fingerprint density at radius 2 is 2.00 bits per heavy atom. The minimum atomic E-state index is -0.520. The van der Waals surface area contributed by atoms with Gasteiger partial charge in [0.25, 0.3) is 0 Å². The molecule has 2 aromatic carbocycles. The first kappa shape index (κ1) is 17.9. The van der Waals surface area contributed by atoms with Crippen molar-refractivity contribution in [3.05, 3.63) is 76.9 Å². The third-order valence-electron chi connectivity index (χ3n) is 3.75. The highest BCUT2D eigenvalue weighted by atomic mass is 35.5.